The van der Waals surface area contributed by atoms with E-state index in [0.29, 0.717) is 6.42 Å². The molecule has 0 radical (unpaired) electrons. The maximum atomic E-state index is 11.3. The summed E-state index contributed by atoms with van der Waals surface area (Å²) in [7, 11) is 0. The fourth-order valence-electron chi connectivity index (χ4n) is 1.82. The summed E-state index contributed by atoms with van der Waals surface area (Å²) < 4.78 is 0. The standard InChI is InChI=1S/C10H13NO3S2.K/c1-2-15-4-3-6-9(10(13)14)11-7(12)5-8(11)16-6;/h3,8-9H,2,4-5H2,1H3,(H,13,14);/q;+1/p-1/b6-3-;. The first kappa shape index (κ1) is 16.1. The molecule has 2 rings (SSSR count). The minimum Gasteiger partial charge on any atom is -0.547 e. The second-order valence-corrected chi connectivity index (χ2v) is 6.14. The molecule has 0 aromatic carbocycles. The topological polar surface area (TPSA) is 60.4 Å². The first-order chi connectivity index (χ1) is 7.65. The predicted molar refractivity (Wildman–Crippen MR) is 62.7 cm³/mol. The van der Waals surface area contributed by atoms with Crippen molar-refractivity contribution in [2.45, 2.75) is 24.8 Å². The van der Waals surface area contributed by atoms with Gasteiger partial charge in [0.1, 0.15) is 6.04 Å². The van der Waals surface area contributed by atoms with Crippen molar-refractivity contribution in [3.05, 3.63) is 11.0 Å². The number of carboxylic acids is 1. The number of hydrogen-bond acceptors (Lipinski definition) is 5. The molecule has 4 nitrogen and oxygen atoms in total. The fraction of sp³-hybridized carbons (Fsp3) is 0.600. The summed E-state index contributed by atoms with van der Waals surface area (Å²) in [6, 6.07) is -0.839. The molecule has 88 valence electrons. The molecule has 0 aromatic heterocycles. The van der Waals surface area contributed by atoms with Crippen LogP contribution in [0.1, 0.15) is 13.3 Å². The van der Waals surface area contributed by atoms with E-state index in [1.165, 1.54) is 16.7 Å². The van der Waals surface area contributed by atoms with Gasteiger partial charge < -0.3 is 14.8 Å². The van der Waals surface area contributed by atoms with Crippen LogP contribution in [0.5, 0.6) is 0 Å². The average molecular weight is 297 g/mol. The molecule has 2 aliphatic heterocycles. The molecular formula is C10H12KNO3S2. The number of hydrogen-bond donors (Lipinski definition) is 0. The van der Waals surface area contributed by atoms with E-state index in [0.717, 1.165) is 16.4 Å². The number of carbonyl (C=O) groups is 2. The molecule has 0 bridgehead atoms. The summed E-state index contributed by atoms with van der Waals surface area (Å²) in [5.41, 5.74) is 0. The molecule has 7 heteroatoms. The molecule has 2 saturated heterocycles. The Hall–Kier alpha value is 1.02. The van der Waals surface area contributed by atoms with Crippen LogP contribution in [-0.2, 0) is 9.59 Å². The van der Waals surface area contributed by atoms with Gasteiger partial charge in [-0.05, 0) is 5.75 Å². The Balaban J connectivity index is 0.00000144. The van der Waals surface area contributed by atoms with Gasteiger partial charge in [0.25, 0.3) is 0 Å². The van der Waals surface area contributed by atoms with E-state index in [1.807, 2.05) is 6.08 Å². The third kappa shape index (κ3) is 3.32. The quantitative estimate of drug-likeness (QED) is 0.315. The number of nitrogens with zero attached hydrogens (tertiary/aromatic N) is 1. The average Bonchev–Trinajstić information content (AvgIpc) is 2.52. The molecule has 2 fully saturated rings. The van der Waals surface area contributed by atoms with E-state index in [4.69, 9.17) is 0 Å². The summed E-state index contributed by atoms with van der Waals surface area (Å²) in [6.45, 7) is 2.05. The second kappa shape index (κ2) is 6.98. The number of carboxylic acid groups (broad SMARTS) is 1. The van der Waals surface area contributed by atoms with Crippen LogP contribution < -0.4 is 56.5 Å². The van der Waals surface area contributed by atoms with Crippen molar-refractivity contribution in [1.82, 2.24) is 4.90 Å². The van der Waals surface area contributed by atoms with E-state index in [1.54, 1.807) is 11.8 Å². The molecule has 2 atom stereocenters. The molecule has 0 aromatic rings. The number of thioether (sulfide) groups is 2. The number of carbonyl (C=O) groups excluding carboxylic acids is 2. The number of β-lactam (4-membered cyclic amide) rings is 1. The van der Waals surface area contributed by atoms with Crippen LogP contribution in [0.4, 0.5) is 0 Å². The zero-order valence-corrected chi connectivity index (χ0v) is 14.6. The number of amides is 1. The Morgan fingerprint density at radius 1 is 1.71 bits per heavy atom. The molecule has 2 aliphatic rings. The first-order valence-corrected chi connectivity index (χ1v) is 7.15. The van der Waals surface area contributed by atoms with Crippen molar-refractivity contribution in [2.24, 2.45) is 0 Å². The molecule has 0 N–H and O–H groups in total. The zero-order valence-electron chi connectivity index (χ0n) is 9.84. The first-order valence-electron chi connectivity index (χ1n) is 5.11. The van der Waals surface area contributed by atoms with Gasteiger partial charge in [-0.3, -0.25) is 4.79 Å². The van der Waals surface area contributed by atoms with Crippen LogP contribution in [0.3, 0.4) is 0 Å². The van der Waals surface area contributed by atoms with Crippen LogP contribution >= 0.6 is 23.5 Å². The van der Waals surface area contributed by atoms with Gasteiger partial charge in [0, 0.05) is 10.7 Å². The van der Waals surface area contributed by atoms with Crippen LogP contribution in [-0.4, -0.2) is 39.7 Å². The minimum atomic E-state index is -1.17. The van der Waals surface area contributed by atoms with E-state index in [9.17, 15) is 14.7 Å². The SMILES string of the molecule is CCSC/C=C1\SC2CC(=O)N2C1C(=O)[O-].[K+]. The van der Waals surface area contributed by atoms with Crippen LogP contribution in [0.25, 0.3) is 0 Å². The Morgan fingerprint density at radius 2 is 2.41 bits per heavy atom. The molecule has 0 spiro atoms. The van der Waals surface area contributed by atoms with Gasteiger partial charge in [0.05, 0.1) is 17.8 Å². The molecule has 0 saturated carbocycles. The third-order valence-corrected chi connectivity index (χ3v) is 4.74. The van der Waals surface area contributed by atoms with E-state index in [-0.39, 0.29) is 62.7 Å². The maximum absolute atomic E-state index is 11.3. The number of fused-ring (bicyclic) bond motifs is 1. The Bertz CT molecular complexity index is 361. The van der Waals surface area contributed by atoms with Gasteiger partial charge >= 0.3 is 51.4 Å². The summed E-state index contributed by atoms with van der Waals surface area (Å²) in [5.74, 6) is 0.530. The van der Waals surface area contributed by atoms with Crippen molar-refractivity contribution in [1.29, 1.82) is 0 Å². The van der Waals surface area contributed by atoms with Crippen molar-refractivity contribution >= 4 is 35.4 Å². The van der Waals surface area contributed by atoms with Crippen molar-refractivity contribution in [2.75, 3.05) is 11.5 Å². The van der Waals surface area contributed by atoms with Gasteiger partial charge in [0.15, 0.2) is 0 Å². The Kier molecular flexibility index (Phi) is 6.59. The van der Waals surface area contributed by atoms with Crippen molar-refractivity contribution in [3.8, 4) is 0 Å². The molecule has 0 aliphatic carbocycles. The molecular weight excluding hydrogens is 285 g/mol. The minimum absolute atomic E-state index is 0. The largest absolute Gasteiger partial charge is 1.00 e. The molecule has 17 heavy (non-hydrogen) atoms. The summed E-state index contributed by atoms with van der Waals surface area (Å²) in [6.07, 6.45) is 2.36. The number of rotatable bonds is 4. The van der Waals surface area contributed by atoms with Gasteiger partial charge in [-0.2, -0.15) is 11.8 Å². The summed E-state index contributed by atoms with van der Waals surface area (Å²) >= 11 is 3.21. The van der Waals surface area contributed by atoms with E-state index in [2.05, 4.69) is 6.92 Å². The predicted octanol–water partition coefficient (Wildman–Crippen LogP) is -2.95. The Morgan fingerprint density at radius 3 is 2.94 bits per heavy atom. The second-order valence-electron chi connectivity index (χ2n) is 3.57. The monoisotopic (exact) mass is 297 g/mol. The van der Waals surface area contributed by atoms with Crippen LogP contribution in [0.2, 0.25) is 0 Å². The van der Waals surface area contributed by atoms with E-state index >= 15 is 0 Å². The summed E-state index contributed by atoms with van der Waals surface area (Å²) in [5, 5.41) is 11.0. The van der Waals surface area contributed by atoms with Gasteiger partial charge in [-0.25, -0.2) is 0 Å². The normalized spacial score (nSPS) is 28.6. The third-order valence-electron chi connectivity index (χ3n) is 2.60. The van der Waals surface area contributed by atoms with Crippen molar-refractivity contribution < 1.29 is 66.1 Å². The van der Waals surface area contributed by atoms with Crippen molar-refractivity contribution in [3.63, 3.8) is 0 Å². The fourth-order valence-corrected chi connectivity index (χ4v) is 3.87. The zero-order chi connectivity index (χ0) is 11.7. The number of aliphatic carboxylic acids is 1. The molecule has 1 amide bonds. The van der Waals surface area contributed by atoms with Gasteiger partial charge in [0.2, 0.25) is 5.91 Å². The molecule has 2 heterocycles. The molecule has 2 unspecified atom stereocenters. The smallest absolute Gasteiger partial charge is 0.547 e. The van der Waals surface area contributed by atoms with Crippen LogP contribution in [0.15, 0.2) is 11.0 Å². The van der Waals surface area contributed by atoms with Crippen LogP contribution in [0, 0.1) is 0 Å². The Labute approximate surface area is 151 Å². The maximum Gasteiger partial charge on any atom is 1.00 e. The van der Waals surface area contributed by atoms with Gasteiger partial charge in [-0.15, -0.1) is 11.8 Å². The van der Waals surface area contributed by atoms with Gasteiger partial charge in [-0.1, -0.05) is 13.0 Å². The summed E-state index contributed by atoms with van der Waals surface area (Å²) in [4.78, 5) is 24.5. The van der Waals surface area contributed by atoms with E-state index < -0.39 is 12.0 Å².